The molecule has 0 bridgehead atoms. The van der Waals surface area contributed by atoms with Crippen molar-refractivity contribution in [1.82, 2.24) is 5.32 Å². The van der Waals surface area contributed by atoms with Crippen LogP contribution in [0.15, 0.2) is 78.0 Å². The molecule has 0 heterocycles. The summed E-state index contributed by atoms with van der Waals surface area (Å²) < 4.78 is 0. The highest BCUT2D eigenvalue weighted by Gasteiger charge is 2.10. The summed E-state index contributed by atoms with van der Waals surface area (Å²) in [7, 11) is 0. The molecule has 0 spiro atoms. The summed E-state index contributed by atoms with van der Waals surface area (Å²) in [5.41, 5.74) is 7.22. The molecule has 0 unspecified atom stereocenters. The van der Waals surface area contributed by atoms with Gasteiger partial charge in [0.1, 0.15) is 6.61 Å². The number of rotatable bonds is 4. The molecular weight excluding hydrogens is 302 g/mol. The SMILES string of the molecule is NC(=NOCc1ccccc1)NC(=O)c1cccc2ccccc12. The molecule has 24 heavy (non-hydrogen) atoms. The first kappa shape index (κ1) is 15.6. The zero-order valence-electron chi connectivity index (χ0n) is 13.0. The van der Waals surface area contributed by atoms with Crippen LogP contribution in [0.4, 0.5) is 0 Å². The Balaban J connectivity index is 1.66. The first-order valence-electron chi connectivity index (χ1n) is 7.52. The van der Waals surface area contributed by atoms with E-state index >= 15 is 0 Å². The smallest absolute Gasteiger partial charge is 0.258 e. The maximum absolute atomic E-state index is 12.4. The van der Waals surface area contributed by atoms with E-state index in [4.69, 9.17) is 10.6 Å². The van der Waals surface area contributed by atoms with Crippen molar-refractivity contribution >= 4 is 22.6 Å². The van der Waals surface area contributed by atoms with Gasteiger partial charge in [0.2, 0.25) is 5.96 Å². The van der Waals surface area contributed by atoms with Gasteiger partial charge in [0, 0.05) is 5.56 Å². The van der Waals surface area contributed by atoms with Crippen molar-refractivity contribution in [3.05, 3.63) is 83.9 Å². The molecule has 3 aromatic carbocycles. The van der Waals surface area contributed by atoms with Crippen molar-refractivity contribution in [3.63, 3.8) is 0 Å². The molecule has 0 aliphatic heterocycles. The number of benzene rings is 3. The Labute approximate surface area is 139 Å². The predicted octanol–water partition coefficient (Wildman–Crippen LogP) is 3.02. The monoisotopic (exact) mass is 319 g/mol. The Morgan fingerprint density at radius 2 is 1.67 bits per heavy atom. The molecule has 0 saturated heterocycles. The minimum Gasteiger partial charge on any atom is -0.388 e. The molecule has 3 aromatic rings. The lowest BCUT2D eigenvalue weighted by Crippen LogP contribution is -2.37. The largest absolute Gasteiger partial charge is 0.388 e. The van der Waals surface area contributed by atoms with Gasteiger partial charge in [-0.15, -0.1) is 0 Å². The number of oxime groups is 1. The van der Waals surface area contributed by atoms with Crippen LogP contribution in [0.5, 0.6) is 0 Å². The van der Waals surface area contributed by atoms with E-state index in [-0.39, 0.29) is 18.5 Å². The van der Waals surface area contributed by atoms with Crippen LogP contribution in [-0.2, 0) is 11.4 Å². The third-order valence-corrected chi connectivity index (χ3v) is 3.51. The summed E-state index contributed by atoms with van der Waals surface area (Å²) >= 11 is 0. The highest BCUT2D eigenvalue weighted by molar-refractivity contribution is 6.12. The molecule has 0 aliphatic rings. The van der Waals surface area contributed by atoms with Crippen LogP contribution in [-0.4, -0.2) is 11.9 Å². The van der Waals surface area contributed by atoms with Crippen LogP contribution in [0.2, 0.25) is 0 Å². The number of nitrogens with two attached hydrogens (primary N) is 1. The fourth-order valence-electron chi connectivity index (χ4n) is 2.38. The number of guanidine groups is 1. The maximum atomic E-state index is 12.4. The van der Waals surface area contributed by atoms with Crippen LogP contribution in [0.3, 0.4) is 0 Å². The molecule has 120 valence electrons. The molecule has 0 atom stereocenters. The van der Waals surface area contributed by atoms with Crippen LogP contribution in [0, 0.1) is 0 Å². The van der Waals surface area contributed by atoms with Crippen molar-refractivity contribution in [2.75, 3.05) is 0 Å². The third kappa shape index (κ3) is 3.70. The Bertz CT molecular complexity index is 871. The normalized spacial score (nSPS) is 11.2. The second kappa shape index (κ2) is 7.28. The molecule has 5 heteroatoms. The maximum Gasteiger partial charge on any atom is 0.258 e. The lowest BCUT2D eigenvalue weighted by atomic mass is 10.0. The van der Waals surface area contributed by atoms with Crippen LogP contribution in [0.1, 0.15) is 15.9 Å². The number of carbonyl (C=O) groups excluding carboxylic acids is 1. The standard InChI is InChI=1S/C19H17N3O2/c20-19(22-24-13-14-7-2-1-3-8-14)21-18(23)17-12-6-10-15-9-4-5-11-16(15)17/h1-12H,13H2,(H3,20,21,22,23). The minimum absolute atomic E-state index is 0.0798. The summed E-state index contributed by atoms with van der Waals surface area (Å²) in [6.45, 7) is 0.283. The average molecular weight is 319 g/mol. The lowest BCUT2D eigenvalue weighted by molar-refractivity contribution is 0.0969. The molecule has 0 saturated carbocycles. The summed E-state index contributed by atoms with van der Waals surface area (Å²) in [5, 5.41) is 8.11. The van der Waals surface area contributed by atoms with Gasteiger partial charge in [0.25, 0.3) is 5.91 Å². The van der Waals surface area contributed by atoms with E-state index < -0.39 is 0 Å². The number of hydrogen-bond acceptors (Lipinski definition) is 3. The third-order valence-electron chi connectivity index (χ3n) is 3.51. The Kier molecular flexibility index (Phi) is 4.72. The van der Waals surface area contributed by atoms with Gasteiger partial charge in [-0.1, -0.05) is 66.7 Å². The van der Waals surface area contributed by atoms with Gasteiger partial charge in [0.15, 0.2) is 0 Å². The summed E-state index contributed by atoms with van der Waals surface area (Å²) in [5.74, 6) is -0.403. The first-order valence-corrected chi connectivity index (χ1v) is 7.52. The van der Waals surface area contributed by atoms with E-state index in [2.05, 4.69) is 10.5 Å². The quantitative estimate of drug-likeness (QED) is 0.441. The van der Waals surface area contributed by atoms with Crippen LogP contribution in [0.25, 0.3) is 10.8 Å². The molecule has 0 radical (unpaired) electrons. The highest BCUT2D eigenvalue weighted by Crippen LogP contribution is 2.18. The number of nitrogens with zero attached hydrogens (tertiary/aromatic N) is 1. The van der Waals surface area contributed by atoms with Crippen molar-refractivity contribution in [2.24, 2.45) is 10.9 Å². The van der Waals surface area contributed by atoms with Crippen molar-refractivity contribution in [3.8, 4) is 0 Å². The van der Waals surface area contributed by atoms with Crippen LogP contribution < -0.4 is 11.1 Å². The van der Waals surface area contributed by atoms with Gasteiger partial charge in [-0.25, -0.2) is 0 Å². The summed E-state index contributed by atoms with van der Waals surface area (Å²) in [6, 6.07) is 22.8. The second-order valence-corrected chi connectivity index (χ2v) is 5.22. The highest BCUT2D eigenvalue weighted by atomic mass is 16.6. The van der Waals surface area contributed by atoms with E-state index in [9.17, 15) is 4.79 Å². The lowest BCUT2D eigenvalue weighted by Gasteiger charge is -2.07. The number of carbonyl (C=O) groups is 1. The van der Waals surface area contributed by atoms with Crippen LogP contribution >= 0.6 is 0 Å². The first-order chi connectivity index (χ1) is 11.7. The molecular formula is C19H17N3O2. The molecule has 5 nitrogen and oxygen atoms in total. The van der Waals surface area contributed by atoms with E-state index in [0.29, 0.717) is 5.56 Å². The number of fused-ring (bicyclic) bond motifs is 1. The minimum atomic E-state index is -0.323. The fourth-order valence-corrected chi connectivity index (χ4v) is 2.38. The van der Waals surface area contributed by atoms with Gasteiger partial charge in [-0.3, -0.25) is 10.1 Å². The van der Waals surface area contributed by atoms with E-state index in [1.54, 1.807) is 6.07 Å². The van der Waals surface area contributed by atoms with E-state index in [0.717, 1.165) is 16.3 Å². The second-order valence-electron chi connectivity index (χ2n) is 5.22. The van der Waals surface area contributed by atoms with Crippen molar-refractivity contribution in [1.29, 1.82) is 0 Å². The summed E-state index contributed by atoms with van der Waals surface area (Å²) in [4.78, 5) is 17.5. The fraction of sp³-hybridized carbons (Fsp3) is 0.0526. The molecule has 1 amide bonds. The molecule has 0 fully saturated rings. The molecule has 0 aromatic heterocycles. The van der Waals surface area contributed by atoms with Crippen molar-refractivity contribution in [2.45, 2.75) is 6.61 Å². The van der Waals surface area contributed by atoms with Gasteiger partial charge >= 0.3 is 0 Å². The topological polar surface area (TPSA) is 76.7 Å². The van der Waals surface area contributed by atoms with E-state index in [1.807, 2.05) is 66.7 Å². The van der Waals surface area contributed by atoms with Gasteiger partial charge in [-0.05, 0) is 27.6 Å². The Hall–Kier alpha value is -3.34. The summed E-state index contributed by atoms with van der Waals surface area (Å²) in [6.07, 6.45) is 0. The number of amides is 1. The average Bonchev–Trinajstić information content (AvgIpc) is 2.62. The van der Waals surface area contributed by atoms with Gasteiger partial charge in [-0.2, -0.15) is 0 Å². The zero-order valence-corrected chi connectivity index (χ0v) is 13.0. The van der Waals surface area contributed by atoms with E-state index in [1.165, 1.54) is 0 Å². The predicted molar refractivity (Wildman–Crippen MR) is 94.3 cm³/mol. The molecule has 0 aliphatic carbocycles. The molecule has 3 rings (SSSR count). The molecule has 3 N–H and O–H groups in total. The van der Waals surface area contributed by atoms with Gasteiger partial charge in [0.05, 0.1) is 0 Å². The Morgan fingerprint density at radius 1 is 0.958 bits per heavy atom. The number of hydrogen-bond donors (Lipinski definition) is 2. The Morgan fingerprint density at radius 3 is 2.50 bits per heavy atom. The zero-order chi connectivity index (χ0) is 16.8. The van der Waals surface area contributed by atoms with Crippen molar-refractivity contribution < 1.29 is 9.63 Å². The van der Waals surface area contributed by atoms with Gasteiger partial charge < -0.3 is 10.6 Å². The number of nitrogens with one attached hydrogen (secondary N) is 1.